The Morgan fingerprint density at radius 2 is 1.02 bits per heavy atom. The average Bonchev–Trinajstić information content (AvgIpc) is 3.20. The minimum atomic E-state index is -1.45. The molecule has 2 aliphatic heterocycles. The van der Waals surface area contributed by atoms with Crippen molar-refractivity contribution in [2.45, 2.75) is 198 Å². The van der Waals surface area contributed by atoms with Gasteiger partial charge in [0.2, 0.25) is 0 Å². The maximum absolute atomic E-state index is 12.8. The number of aliphatic hydroxyl groups excluding tert-OH is 10. The molecule has 0 aromatic rings. The fourth-order valence-corrected chi connectivity index (χ4v) is 8.81. The van der Waals surface area contributed by atoms with Crippen LogP contribution in [0.25, 0.3) is 0 Å². The van der Waals surface area contributed by atoms with Gasteiger partial charge in [-0.05, 0) is 61.3 Å². The maximum Gasteiger partial charge on any atom is 1.00 e. The topological polar surface area (TPSA) is 238 Å². The second-order valence-corrected chi connectivity index (χ2v) is 16.3. The molecule has 0 amide bonds. The molecule has 0 aromatic heterocycles. The first-order valence-corrected chi connectivity index (χ1v) is 21.6. The molecule has 4 rings (SSSR count). The fraction of sp³-hybridized carbons (Fsp3) is 0.884. The minimum absolute atomic E-state index is 0. The maximum atomic E-state index is 12.8. The standard InChI is InChI=1S/C21H38O6.C21H36O6.CH4O.B.Na.H/c2*1-3-5-7-9-14-11-16(23)15(10-13(14)8-6-4-2)21-20(26)19(25)18(24)17(12-22)27-21;1-2;;;/h10,13-14,16-26H,3-9,11-12H2,1-2H3;10,13-14,17-22,24-26H,3-9,11-12H2,1-2H3;2H,1H3;;;/q;;;;+1;-1. The van der Waals surface area contributed by atoms with E-state index in [-0.39, 0.29) is 51.1 Å². The summed E-state index contributed by atoms with van der Waals surface area (Å²) in [6.07, 6.45) is 7.48. The summed E-state index contributed by atoms with van der Waals surface area (Å²) in [4.78, 5) is 12.8. The van der Waals surface area contributed by atoms with Gasteiger partial charge in [-0.15, -0.1) is 0 Å². The van der Waals surface area contributed by atoms with Gasteiger partial charge in [-0.1, -0.05) is 104 Å². The molecular formula is C43H79BNaO13. The Morgan fingerprint density at radius 3 is 1.48 bits per heavy atom. The SMILES string of the molecule is CCCCCC1CC(=O)C(C2OC(CO)C(O)C(O)C2O)=CC1CCCC.CCCCCC1CC(O)C(C2OC(CO)C(O)C(O)C2O)=CC1CCCC.CO.[B].[H-].[Na+]. The predicted octanol–water partition coefficient (Wildman–Crippen LogP) is -0.402. The summed E-state index contributed by atoms with van der Waals surface area (Å²) in [5, 5.41) is 97.5. The van der Waals surface area contributed by atoms with Crippen LogP contribution in [0.1, 0.15) is 132 Å². The van der Waals surface area contributed by atoms with Crippen LogP contribution in [0.15, 0.2) is 23.3 Å². The van der Waals surface area contributed by atoms with E-state index in [1.807, 2.05) is 12.2 Å². The van der Waals surface area contributed by atoms with Gasteiger partial charge in [0.1, 0.15) is 61.0 Å². The number of rotatable bonds is 18. The van der Waals surface area contributed by atoms with Gasteiger partial charge in [-0.2, -0.15) is 0 Å². The number of hydrogen-bond acceptors (Lipinski definition) is 13. The van der Waals surface area contributed by atoms with Crippen LogP contribution in [0, 0.1) is 23.7 Å². The van der Waals surface area contributed by atoms with E-state index in [1.165, 1.54) is 12.8 Å². The third-order valence-electron chi connectivity index (χ3n) is 12.3. The molecule has 15 heteroatoms. The Hall–Kier alpha value is -0.265. The van der Waals surface area contributed by atoms with Crippen molar-refractivity contribution in [3.63, 3.8) is 0 Å². The summed E-state index contributed by atoms with van der Waals surface area (Å²) in [6, 6.07) is 0. The first kappa shape index (κ1) is 57.7. The molecule has 2 aliphatic carbocycles. The molecule has 13 nitrogen and oxygen atoms in total. The monoisotopic (exact) mass is 838 g/mol. The van der Waals surface area contributed by atoms with Crippen molar-refractivity contribution in [3.05, 3.63) is 23.3 Å². The number of hydrogen-bond donors (Lipinski definition) is 10. The van der Waals surface area contributed by atoms with Crippen LogP contribution in [0.4, 0.5) is 0 Å². The summed E-state index contributed by atoms with van der Waals surface area (Å²) >= 11 is 0. The number of Topliss-reactive ketones (excluding diaryl/α,β-unsaturated/α-hetero) is 1. The Balaban J connectivity index is 0. The number of allylic oxidation sites excluding steroid dienone is 2. The normalized spacial score (nSPS) is 36.1. The zero-order chi connectivity index (χ0) is 41.9. The molecule has 0 saturated carbocycles. The molecule has 0 spiro atoms. The van der Waals surface area contributed by atoms with E-state index in [9.17, 15) is 50.8 Å². The van der Waals surface area contributed by atoms with E-state index >= 15 is 0 Å². The van der Waals surface area contributed by atoms with Crippen molar-refractivity contribution >= 4 is 14.2 Å². The van der Waals surface area contributed by atoms with Gasteiger partial charge in [0.15, 0.2) is 5.78 Å². The van der Waals surface area contributed by atoms with Crippen LogP contribution in [-0.2, 0) is 14.3 Å². The number of unbranched alkanes of at least 4 members (excludes halogenated alkanes) is 6. The smallest absolute Gasteiger partial charge is 1.00 e. The van der Waals surface area contributed by atoms with Gasteiger partial charge in [0, 0.05) is 27.5 Å². The Bertz CT molecular complexity index is 1170. The minimum Gasteiger partial charge on any atom is -1.00 e. The molecule has 15 unspecified atom stereocenters. The van der Waals surface area contributed by atoms with Crippen molar-refractivity contribution in [1.82, 2.24) is 0 Å². The summed E-state index contributed by atoms with van der Waals surface area (Å²) in [7, 11) is 1.00. The number of aliphatic hydroxyl groups is 10. The van der Waals surface area contributed by atoms with E-state index in [0.29, 0.717) is 41.7 Å². The van der Waals surface area contributed by atoms with Crippen molar-refractivity contribution in [3.8, 4) is 0 Å². The largest absolute Gasteiger partial charge is 1.00 e. The zero-order valence-corrected chi connectivity index (χ0v) is 38.3. The van der Waals surface area contributed by atoms with Gasteiger partial charge in [0.05, 0.1) is 19.3 Å². The average molecular weight is 838 g/mol. The number of ether oxygens (including phenoxy) is 2. The molecule has 333 valence electrons. The quantitative estimate of drug-likeness (QED) is 0.0482. The molecule has 4 aliphatic rings. The van der Waals surface area contributed by atoms with Crippen LogP contribution in [-0.4, -0.2) is 153 Å². The molecule has 2 saturated heterocycles. The van der Waals surface area contributed by atoms with Crippen molar-refractivity contribution in [1.29, 1.82) is 0 Å². The predicted molar refractivity (Wildman–Crippen MR) is 220 cm³/mol. The summed E-state index contributed by atoms with van der Waals surface area (Å²) in [5.74, 6) is 1.22. The molecule has 10 N–H and O–H groups in total. The Kier molecular flexibility index (Phi) is 30.6. The third-order valence-corrected chi connectivity index (χ3v) is 12.3. The summed E-state index contributed by atoms with van der Waals surface area (Å²) in [6.45, 7) is 7.71. The molecule has 0 bridgehead atoms. The molecule has 3 radical (unpaired) electrons. The van der Waals surface area contributed by atoms with Crippen molar-refractivity contribution in [2.75, 3.05) is 20.3 Å². The summed E-state index contributed by atoms with van der Waals surface area (Å²) < 4.78 is 11.3. The van der Waals surface area contributed by atoms with Crippen LogP contribution < -0.4 is 29.6 Å². The zero-order valence-electron chi connectivity index (χ0n) is 37.3. The fourth-order valence-electron chi connectivity index (χ4n) is 8.81. The van der Waals surface area contributed by atoms with Gasteiger partial charge in [-0.3, -0.25) is 4.79 Å². The third kappa shape index (κ3) is 16.1. The Morgan fingerprint density at radius 1 is 0.586 bits per heavy atom. The van der Waals surface area contributed by atoms with Gasteiger partial charge >= 0.3 is 29.6 Å². The van der Waals surface area contributed by atoms with Crippen LogP contribution in [0.5, 0.6) is 0 Å². The molecule has 0 aromatic carbocycles. The van der Waals surface area contributed by atoms with E-state index in [4.69, 9.17) is 14.6 Å². The molecule has 15 atom stereocenters. The van der Waals surface area contributed by atoms with Crippen molar-refractivity contribution in [2.24, 2.45) is 23.7 Å². The first-order chi connectivity index (χ1) is 26.9. The molecule has 2 fully saturated rings. The first-order valence-electron chi connectivity index (χ1n) is 21.6. The van der Waals surface area contributed by atoms with E-state index < -0.39 is 80.4 Å². The van der Waals surface area contributed by atoms with E-state index in [2.05, 4.69) is 27.7 Å². The molecule has 2 heterocycles. The molecular weight excluding hydrogens is 758 g/mol. The number of carbonyl (C=O) groups is 1. The van der Waals surface area contributed by atoms with E-state index in [0.717, 1.165) is 84.2 Å². The second kappa shape index (κ2) is 30.7. The van der Waals surface area contributed by atoms with Gasteiger partial charge < -0.3 is 62.0 Å². The van der Waals surface area contributed by atoms with Gasteiger partial charge in [-0.25, -0.2) is 0 Å². The number of ketones is 1. The van der Waals surface area contributed by atoms with Gasteiger partial charge in [0.25, 0.3) is 0 Å². The van der Waals surface area contributed by atoms with E-state index in [1.54, 1.807) is 0 Å². The van der Waals surface area contributed by atoms with Crippen LogP contribution in [0.3, 0.4) is 0 Å². The second-order valence-electron chi connectivity index (χ2n) is 16.3. The Labute approximate surface area is 373 Å². The van der Waals surface area contributed by atoms with Crippen LogP contribution >= 0.6 is 0 Å². The molecule has 58 heavy (non-hydrogen) atoms. The van der Waals surface area contributed by atoms with Crippen LogP contribution in [0.2, 0.25) is 0 Å². The van der Waals surface area contributed by atoms with Crippen molar-refractivity contribution < 1.29 is 96.3 Å². The number of carbonyl (C=O) groups excluding carboxylic acids is 1. The summed E-state index contributed by atoms with van der Waals surface area (Å²) in [5.41, 5.74) is 0.972.